The maximum Gasteiger partial charge on any atom is 0.180 e. The molecule has 0 amide bonds. The van der Waals surface area contributed by atoms with E-state index in [4.69, 9.17) is 4.98 Å². The number of rotatable bonds is 2. The molecule has 2 saturated heterocycles. The number of nitrogens with zero attached hydrogens (tertiary/aromatic N) is 5. The van der Waals surface area contributed by atoms with Crippen molar-refractivity contribution >= 4 is 17.0 Å². The Morgan fingerprint density at radius 1 is 0.870 bits per heavy atom. The van der Waals surface area contributed by atoms with Gasteiger partial charge >= 0.3 is 0 Å². The van der Waals surface area contributed by atoms with Gasteiger partial charge in [-0.25, -0.2) is 9.97 Å². The molecule has 2 aromatic rings. The van der Waals surface area contributed by atoms with E-state index in [0.717, 1.165) is 30.1 Å². The van der Waals surface area contributed by atoms with Gasteiger partial charge in [0.25, 0.3) is 0 Å². The highest BCUT2D eigenvalue weighted by Crippen LogP contribution is 2.24. The number of hydrogen-bond acceptors (Lipinski definition) is 5. The van der Waals surface area contributed by atoms with Crippen molar-refractivity contribution in [1.29, 1.82) is 0 Å². The van der Waals surface area contributed by atoms with Crippen LogP contribution >= 0.6 is 0 Å². The number of piperidine rings is 1. The minimum Gasteiger partial charge on any atom is -0.355 e. The van der Waals surface area contributed by atoms with Crippen molar-refractivity contribution in [3.63, 3.8) is 0 Å². The molecule has 2 aliphatic heterocycles. The number of aromatic nitrogens is 3. The van der Waals surface area contributed by atoms with E-state index in [0.29, 0.717) is 6.04 Å². The van der Waals surface area contributed by atoms with Crippen LogP contribution in [-0.2, 0) is 0 Å². The lowest BCUT2D eigenvalue weighted by Gasteiger charge is -2.39. The van der Waals surface area contributed by atoms with E-state index in [1.807, 2.05) is 6.07 Å². The smallest absolute Gasteiger partial charge is 0.180 e. The molecule has 0 aromatic carbocycles. The van der Waals surface area contributed by atoms with Gasteiger partial charge in [0.2, 0.25) is 0 Å². The van der Waals surface area contributed by atoms with Crippen LogP contribution in [-0.4, -0.2) is 52.1 Å². The Morgan fingerprint density at radius 2 is 1.70 bits per heavy atom. The SMILES string of the molecule is c1cnc2nc(N3CCCC(N4CCCCCC4)C3)ccc2n1. The molecule has 0 N–H and O–H groups in total. The molecule has 4 heterocycles. The van der Waals surface area contributed by atoms with Crippen LogP contribution in [0.25, 0.3) is 11.2 Å². The van der Waals surface area contributed by atoms with Crippen LogP contribution in [0.4, 0.5) is 5.82 Å². The molecule has 122 valence electrons. The highest BCUT2D eigenvalue weighted by Gasteiger charge is 2.26. The fraction of sp³-hybridized carbons (Fsp3) is 0.611. The van der Waals surface area contributed by atoms with Crippen molar-refractivity contribution in [3.05, 3.63) is 24.5 Å². The van der Waals surface area contributed by atoms with Gasteiger partial charge in [-0.2, -0.15) is 0 Å². The molecule has 0 aliphatic carbocycles. The molecule has 5 heteroatoms. The maximum absolute atomic E-state index is 4.73. The van der Waals surface area contributed by atoms with Crippen molar-refractivity contribution in [2.24, 2.45) is 0 Å². The fourth-order valence-corrected chi connectivity index (χ4v) is 3.94. The number of fused-ring (bicyclic) bond motifs is 1. The van der Waals surface area contributed by atoms with Crippen LogP contribution < -0.4 is 4.90 Å². The summed E-state index contributed by atoms with van der Waals surface area (Å²) in [5.74, 6) is 1.05. The van der Waals surface area contributed by atoms with Crippen molar-refractivity contribution in [2.45, 2.75) is 44.6 Å². The molecule has 1 unspecified atom stereocenters. The van der Waals surface area contributed by atoms with Gasteiger partial charge in [-0.15, -0.1) is 0 Å². The summed E-state index contributed by atoms with van der Waals surface area (Å²) in [4.78, 5) is 18.6. The molecule has 0 radical (unpaired) electrons. The normalized spacial score (nSPS) is 23.8. The Bertz CT molecular complexity index is 651. The van der Waals surface area contributed by atoms with Gasteiger partial charge in [-0.05, 0) is 50.9 Å². The molecule has 1 atom stereocenters. The van der Waals surface area contributed by atoms with Gasteiger partial charge < -0.3 is 4.90 Å². The Balaban J connectivity index is 1.51. The summed E-state index contributed by atoms with van der Waals surface area (Å²) in [6.07, 6.45) is 11.5. The fourth-order valence-electron chi connectivity index (χ4n) is 3.94. The molecule has 0 saturated carbocycles. The van der Waals surface area contributed by atoms with Crippen LogP contribution in [0.5, 0.6) is 0 Å². The molecule has 23 heavy (non-hydrogen) atoms. The summed E-state index contributed by atoms with van der Waals surface area (Å²) < 4.78 is 0. The van der Waals surface area contributed by atoms with Crippen molar-refractivity contribution in [2.75, 3.05) is 31.1 Å². The van der Waals surface area contributed by atoms with Gasteiger partial charge in [0.05, 0.1) is 0 Å². The van der Waals surface area contributed by atoms with E-state index in [9.17, 15) is 0 Å². The topological polar surface area (TPSA) is 45.2 Å². The van der Waals surface area contributed by atoms with E-state index < -0.39 is 0 Å². The third-order valence-corrected chi connectivity index (χ3v) is 5.19. The highest BCUT2D eigenvalue weighted by molar-refractivity contribution is 5.71. The zero-order chi connectivity index (χ0) is 15.5. The molecule has 2 aromatic heterocycles. The van der Waals surface area contributed by atoms with E-state index in [2.05, 4.69) is 25.8 Å². The second-order valence-electron chi connectivity index (χ2n) is 6.76. The summed E-state index contributed by atoms with van der Waals surface area (Å²) >= 11 is 0. The Labute approximate surface area is 137 Å². The van der Waals surface area contributed by atoms with Crippen LogP contribution in [0.15, 0.2) is 24.5 Å². The van der Waals surface area contributed by atoms with E-state index in [1.165, 1.54) is 51.6 Å². The van der Waals surface area contributed by atoms with Gasteiger partial charge in [-0.3, -0.25) is 9.88 Å². The zero-order valence-corrected chi connectivity index (χ0v) is 13.7. The Hall–Kier alpha value is -1.75. The minimum atomic E-state index is 0.682. The van der Waals surface area contributed by atoms with Crippen LogP contribution in [0.3, 0.4) is 0 Å². The maximum atomic E-state index is 4.73. The first-order valence-corrected chi connectivity index (χ1v) is 8.97. The number of hydrogen-bond donors (Lipinski definition) is 0. The molecule has 0 spiro atoms. The van der Waals surface area contributed by atoms with Crippen LogP contribution in [0.2, 0.25) is 0 Å². The number of likely N-dealkylation sites (tertiary alicyclic amines) is 1. The second kappa shape index (κ2) is 6.79. The van der Waals surface area contributed by atoms with Gasteiger partial charge in [0.1, 0.15) is 11.3 Å². The third kappa shape index (κ3) is 3.29. The molecular weight excluding hydrogens is 286 g/mol. The van der Waals surface area contributed by atoms with Crippen molar-refractivity contribution in [3.8, 4) is 0 Å². The lowest BCUT2D eigenvalue weighted by Crippen LogP contribution is -2.48. The van der Waals surface area contributed by atoms with E-state index in [1.54, 1.807) is 12.4 Å². The summed E-state index contributed by atoms with van der Waals surface area (Å²) in [5, 5.41) is 0. The van der Waals surface area contributed by atoms with Gasteiger partial charge in [0.15, 0.2) is 5.65 Å². The van der Waals surface area contributed by atoms with Crippen molar-refractivity contribution < 1.29 is 0 Å². The van der Waals surface area contributed by atoms with E-state index >= 15 is 0 Å². The first kappa shape index (κ1) is 14.8. The standard InChI is InChI=1S/C18H25N5/c1-2-4-12-22(11-3-1)15-6-5-13-23(14-15)17-8-7-16-18(21-17)20-10-9-19-16/h7-10,15H,1-6,11-14H2. The highest BCUT2D eigenvalue weighted by atomic mass is 15.3. The summed E-state index contributed by atoms with van der Waals surface area (Å²) in [7, 11) is 0. The lowest BCUT2D eigenvalue weighted by atomic mass is 10.0. The first-order chi connectivity index (χ1) is 11.4. The molecule has 2 aliphatic rings. The Kier molecular flexibility index (Phi) is 4.37. The monoisotopic (exact) mass is 311 g/mol. The Morgan fingerprint density at radius 3 is 2.57 bits per heavy atom. The first-order valence-electron chi connectivity index (χ1n) is 8.97. The molecular formula is C18H25N5. The van der Waals surface area contributed by atoms with E-state index in [-0.39, 0.29) is 0 Å². The molecule has 5 nitrogen and oxygen atoms in total. The minimum absolute atomic E-state index is 0.682. The number of pyridine rings is 1. The average molecular weight is 311 g/mol. The van der Waals surface area contributed by atoms with Crippen molar-refractivity contribution in [1.82, 2.24) is 19.9 Å². The second-order valence-corrected chi connectivity index (χ2v) is 6.76. The number of anilines is 1. The molecule has 0 bridgehead atoms. The van der Waals surface area contributed by atoms with Crippen LogP contribution in [0, 0.1) is 0 Å². The quantitative estimate of drug-likeness (QED) is 0.853. The predicted octanol–water partition coefficient (Wildman–Crippen LogP) is 2.87. The third-order valence-electron chi connectivity index (χ3n) is 5.19. The largest absolute Gasteiger partial charge is 0.355 e. The van der Waals surface area contributed by atoms with Crippen LogP contribution in [0.1, 0.15) is 38.5 Å². The zero-order valence-electron chi connectivity index (χ0n) is 13.7. The van der Waals surface area contributed by atoms with Gasteiger partial charge in [-0.1, -0.05) is 12.8 Å². The summed E-state index contributed by atoms with van der Waals surface area (Å²) in [5.41, 5.74) is 1.62. The van der Waals surface area contributed by atoms with Gasteiger partial charge in [0, 0.05) is 31.5 Å². The predicted molar refractivity (Wildman–Crippen MR) is 92.6 cm³/mol. The molecule has 2 fully saturated rings. The summed E-state index contributed by atoms with van der Waals surface area (Å²) in [6, 6.07) is 4.82. The lowest BCUT2D eigenvalue weighted by molar-refractivity contribution is 0.182. The molecule has 4 rings (SSSR count). The summed E-state index contributed by atoms with van der Waals surface area (Å²) in [6.45, 7) is 4.74. The average Bonchev–Trinajstić information content (AvgIpc) is 2.91.